The molecule has 9 nitrogen and oxygen atoms in total. The zero-order valence-corrected chi connectivity index (χ0v) is 16.2. The van der Waals surface area contributed by atoms with Crippen LogP contribution in [0.25, 0.3) is 0 Å². The number of ketones is 1. The molecule has 0 bridgehead atoms. The van der Waals surface area contributed by atoms with Crippen LogP contribution in [-0.4, -0.2) is 54.7 Å². The summed E-state index contributed by atoms with van der Waals surface area (Å²) in [5, 5.41) is 22.6. The van der Waals surface area contributed by atoms with Gasteiger partial charge in [-0.1, -0.05) is 30.3 Å². The summed E-state index contributed by atoms with van der Waals surface area (Å²) in [6.45, 7) is 3.01. The van der Waals surface area contributed by atoms with Gasteiger partial charge in [0.1, 0.15) is 13.1 Å². The maximum atomic E-state index is 13.3. The number of para-hydroxylation sites is 2. The highest BCUT2D eigenvalue weighted by Gasteiger charge is 2.52. The van der Waals surface area contributed by atoms with Crippen LogP contribution in [0.2, 0.25) is 0 Å². The fraction of sp³-hybridized carbons (Fsp3) is 0.333. The van der Waals surface area contributed by atoms with Gasteiger partial charge in [0.25, 0.3) is 11.6 Å². The van der Waals surface area contributed by atoms with Gasteiger partial charge in [-0.05, 0) is 12.1 Å². The summed E-state index contributed by atoms with van der Waals surface area (Å²) in [7, 11) is 0. The van der Waals surface area contributed by atoms with Crippen LogP contribution in [0.1, 0.15) is 22.3 Å². The van der Waals surface area contributed by atoms with E-state index < -0.39 is 28.6 Å². The number of nitro benzene ring substituents is 1. The molecule has 30 heavy (non-hydrogen) atoms. The Morgan fingerprint density at radius 3 is 2.57 bits per heavy atom. The highest BCUT2D eigenvalue weighted by molar-refractivity contribution is 6.11. The van der Waals surface area contributed by atoms with E-state index in [1.54, 1.807) is 24.3 Å². The van der Waals surface area contributed by atoms with E-state index in [9.17, 15) is 24.8 Å². The molecule has 1 fully saturated rings. The molecule has 2 aromatic rings. The van der Waals surface area contributed by atoms with Crippen molar-refractivity contribution in [3.63, 3.8) is 0 Å². The number of carbonyl (C=O) groups excluding carboxylic acids is 2. The van der Waals surface area contributed by atoms with Crippen LogP contribution < -0.4 is 9.80 Å². The molecular formula is C21H22N3O6+. The highest BCUT2D eigenvalue weighted by atomic mass is 16.6. The first-order chi connectivity index (χ1) is 14.4. The molecule has 2 heterocycles. The SMILES string of the molecule is O=C(C[C@]1(O)C(=O)N(C[NH+]2CCOCC2)c2ccccc21)c1ccccc1[N+](=O)[O-]. The first-order valence-electron chi connectivity index (χ1n) is 9.73. The molecule has 1 amide bonds. The third-order valence-corrected chi connectivity index (χ3v) is 5.64. The summed E-state index contributed by atoms with van der Waals surface area (Å²) < 4.78 is 5.36. The lowest BCUT2D eigenvalue weighted by molar-refractivity contribution is -0.906. The normalized spacial score (nSPS) is 21.5. The Kier molecular flexibility index (Phi) is 5.33. The quantitative estimate of drug-likeness (QED) is 0.400. The van der Waals surface area contributed by atoms with Gasteiger partial charge in [0.15, 0.2) is 18.1 Å². The number of hydrogen-bond acceptors (Lipinski definition) is 6. The first kappa shape index (κ1) is 20.1. The zero-order chi connectivity index (χ0) is 21.3. The number of fused-ring (bicyclic) bond motifs is 1. The van der Waals surface area contributed by atoms with Gasteiger partial charge in [0.2, 0.25) is 0 Å². The molecule has 0 spiro atoms. The number of aliphatic hydroxyl groups is 1. The number of benzene rings is 2. The number of rotatable bonds is 6. The van der Waals surface area contributed by atoms with Crippen molar-refractivity contribution in [2.45, 2.75) is 12.0 Å². The lowest BCUT2D eigenvalue weighted by Crippen LogP contribution is -3.15. The van der Waals surface area contributed by atoms with E-state index >= 15 is 0 Å². The molecule has 0 unspecified atom stereocenters. The fourth-order valence-corrected chi connectivity index (χ4v) is 4.07. The lowest BCUT2D eigenvalue weighted by atomic mass is 9.88. The lowest BCUT2D eigenvalue weighted by Gasteiger charge is -2.29. The second kappa shape index (κ2) is 7.94. The molecule has 156 valence electrons. The number of ether oxygens (including phenoxy) is 1. The van der Waals surface area contributed by atoms with Crippen LogP contribution in [0.3, 0.4) is 0 Å². The number of carbonyl (C=O) groups is 2. The zero-order valence-electron chi connectivity index (χ0n) is 16.2. The summed E-state index contributed by atoms with van der Waals surface area (Å²) in [5.74, 6) is -1.25. The Bertz CT molecular complexity index is 1000. The first-order valence-corrected chi connectivity index (χ1v) is 9.73. The number of anilines is 1. The summed E-state index contributed by atoms with van der Waals surface area (Å²) >= 11 is 0. The molecule has 4 rings (SSSR count). The van der Waals surface area contributed by atoms with Crippen LogP contribution in [0.15, 0.2) is 48.5 Å². The molecule has 2 N–H and O–H groups in total. The molecule has 2 aromatic carbocycles. The van der Waals surface area contributed by atoms with E-state index in [1.807, 2.05) is 0 Å². The van der Waals surface area contributed by atoms with Crippen LogP contribution in [-0.2, 0) is 15.1 Å². The Labute approximate surface area is 172 Å². The smallest absolute Gasteiger partial charge is 0.280 e. The Balaban J connectivity index is 1.65. The number of nitrogens with zero attached hydrogens (tertiary/aromatic N) is 2. The number of quaternary nitrogens is 1. The molecule has 0 aromatic heterocycles. The van der Waals surface area contributed by atoms with Gasteiger partial charge in [-0.2, -0.15) is 0 Å². The van der Waals surface area contributed by atoms with E-state index in [0.717, 1.165) is 18.0 Å². The molecule has 2 aliphatic heterocycles. The Morgan fingerprint density at radius 2 is 1.83 bits per heavy atom. The number of amides is 1. The number of nitrogens with one attached hydrogen (secondary N) is 1. The summed E-state index contributed by atoms with van der Waals surface area (Å²) in [4.78, 5) is 39.5. The van der Waals surface area contributed by atoms with E-state index in [4.69, 9.17) is 4.74 Å². The van der Waals surface area contributed by atoms with Gasteiger partial charge in [-0.15, -0.1) is 0 Å². The summed E-state index contributed by atoms with van der Waals surface area (Å²) in [5.41, 5.74) is -1.64. The number of Topliss-reactive ketones (excluding diaryl/α,β-unsaturated/α-hetero) is 1. The molecule has 1 saturated heterocycles. The van der Waals surface area contributed by atoms with Gasteiger partial charge < -0.3 is 14.7 Å². The monoisotopic (exact) mass is 412 g/mol. The molecule has 0 saturated carbocycles. The van der Waals surface area contributed by atoms with E-state index in [2.05, 4.69) is 0 Å². The van der Waals surface area contributed by atoms with Crippen LogP contribution in [0.5, 0.6) is 0 Å². The van der Waals surface area contributed by atoms with E-state index in [1.165, 1.54) is 29.2 Å². The largest absolute Gasteiger partial charge is 0.375 e. The molecule has 0 radical (unpaired) electrons. The van der Waals surface area contributed by atoms with Gasteiger partial charge in [0, 0.05) is 11.6 Å². The van der Waals surface area contributed by atoms with Crippen molar-refractivity contribution in [1.29, 1.82) is 0 Å². The van der Waals surface area contributed by atoms with Crippen LogP contribution in [0, 0.1) is 10.1 Å². The minimum Gasteiger partial charge on any atom is -0.375 e. The van der Waals surface area contributed by atoms with Crippen molar-refractivity contribution in [3.05, 3.63) is 69.8 Å². The van der Waals surface area contributed by atoms with Crippen LogP contribution >= 0.6 is 0 Å². The number of hydrogen-bond donors (Lipinski definition) is 2. The third kappa shape index (κ3) is 3.47. The Hall–Kier alpha value is -3.14. The van der Waals surface area contributed by atoms with Gasteiger partial charge in [-0.3, -0.25) is 24.6 Å². The molecule has 1 atom stereocenters. The van der Waals surface area contributed by atoms with E-state index in [0.29, 0.717) is 31.1 Å². The van der Waals surface area contributed by atoms with Crippen molar-refractivity contribution in [3.8, 4) is 0 Å². The second-order valence-electron chi connectivity index (χ2n) is 7.51. The van der Waals surface area contributed by atoms with Crippen molar-refractivity contribution in [1.82, 2.24) is 0 Å². The van der Waals surface area contributed by atoms with Gasteiger partial charge in [0.05, 0.1) is 35.8 Å². The molecule has 2 aliphatic rings. The second-order valence-corrected chi connectivity index (χ2v) is 7.51. The molecular weight excluding hydrogens is 390 g/mol. The van der Waals surface area contributed by atoms with Crippen molar-refractivity contribution >= 4 is 23.1 Å². The highest BCUT2D eigenvalue weighted by Crippen LogP contribution is 2.42. The van der Waals surface area contributed by atoms with Crippen LogP contribution in [0.4, 0.5) is 11.4 Å². The number of nitro groups is 1. The molecule has 0 aliphatic carbocycles. The van der Waals surface area contributed by atoms with Crippen molar-refractivity contribution < 1.29 is 29.3 Å². The van der Waals surface area contributed by atoms with E-state index in [-0.39, 0.29) is 11.3 Å². The minimum atomic E-state index is -2.07. The van der Waals surface area contributed by atoms with Crippen molar-refractivity contribution in [2.75, 3.05) is 37.9 Å². The van der Waals surface area contributed by atoms with Crippen molar-refractivity contribution in [2.24, 2.45) is 0 Å². The topological polar surface area (TPSA) is 114 Å². The van der Waals surface area contributed by atoms with Gasteiger partial charge in [-0.25, -0.2) is 0 Å². The molecule has 9 heteroatoms. The predicted octanol–water partition coefficient (Wildman–Crippen LogP) is 0.275. The number of morpholine rings is 1. The predicted molar refractivity (Wildman–Crippen MR) is 106 cm³/mol. The third-order valence-electron chi connectivity index (χ3n) is 5.64. The Morgan fingerprint density at radius 1 is 1.17 bits per heavy atom. The average molecular weight is 412 g/mol. The summed E-state index contributed by atoms with van der Waals surface area (Å²) in [6.07, 6.45) is -0.567. The maximum absolute atomic E-state index is 13.3. The minimum absolute atomic E-state index is 0.126. The maximum Gasteiger partial charge on any atom is 0.280 e. The average Bonchev–Trinajstić information content (AvgIpc) is 2.96. The van der Waals surface area contributed by atoms with Gasteiger partial charge >= 0.3 is 0 Å². The summed E-state index contributed by atoms with van der Waals surface area (Å²) in [6, 6.07) is 12.4. The fourth-order valence-electron chi connectivity index (χ4n) is 4.07. The standard InChI is InChI=1S/C21H21N3O6/c25-19(15-5-1-3-7-17(15)24(28)29)13-21(27)16-6-2-4-8-18(16)23(20(21)26)14-22-9-11-30-12-10-22/h1-8,27H,9-14H2/p+1/t21-/m1/s1.